The van der Waals surface area contributed by atoms with Gasteiger partial charge in [0, 0.05) is 5.56 Å². The van der Waals surface area contributed by atoms with Gasteiger partial charge >= 0.3 is 0 Å². The summed E-state index contributed by atoms with van der Waals surface area (Å²) in [5.41, 5.74) is 4.90. The smallest absolute Gasteiger partial charge is 0.271 e. The molecule has 0 unspecified atom stereocenters. The maximum Gasteiger partial charge on any atom is 0.271 e. The van der Waals surface area contributed by atoms with E-state index < -0.39 is 0 Å². The van der Waals surface area contributed by atoms with Gasteiger partial charge in [0.2, 0.25) is 0 Å². The monoisotopic (exact) mass is 302 g/mol. The Morgan fingerprint density at radius 3 is 2.57 bits per heavy atom. The average Bonchev–Trinajstić information content (AvgIpc) is 2.48. The number of hydrogen-bond acceptors (Lipinski definition) is 3. The standard InChI is InChI=1S/C16H15ClN2O2/c1-11-3-6-13(7-4-11)16(20)19-18-10-12-5-8-15(21-2)14(17)9-12/h3-10H,1-2H3,(H,19,20)/b18-10-. The van der Waals surface area contributed by atoms with Gasteiger partial charge in [-0.25, -0.2) is 5.43 Å². The number of amides is 1. The Labute approximate surface area is 128 Å². The zero-order valence-electron chi connectivity index (χ0n) is 11.8. The van der Waals surface area contributed by atoms with Gasteiger partial charge in [-0.2, -0.15) is 5.10 Å². The fraction of sp³-hybridized carbons (Fsp3) is 0.125. The number of carbonyl (C=O) groups excluding carboxylic acids is 1. The third kappa shape index (κ3) is 4.07. The highest BCUT2D eigenvalue weighted by Gasteiger charge is 2.03. The second-order valence-corrected chi connectivity index (χ2v) is 4.87. The van der Waals surface area contributed by atoms with Crippen LogP contribution < -0.4 is 10.2 Å². The molecule has 4 nitrogen and oxygen atoms in total. The van der Waals surface area contributed by atoms with Gasteiger partial charge in [-0.3, -0.25) is 4.79 Å². The minimum atomic E-state index is -0.258. The molecule has 0 saturated heterocycles. The molecule has 0 heterocycles. The van der Waals surface area contributed by atoms with Crippen molar-refractivity contribution >= 4 is 23.7 Å². The van der Waals surface area contributed by atoms with Gasteiger partial charge in [-0.1, -0.05) is 29.3 Å². The van der Waals surface area contributed by atoms with E-state index in [2.05, 4.69) is 10.5 Å². The predicted octanol–water partition coefficient (Wildman–Crippen LogP) is 3.42. The zero-order chi connectivity index (χ0) is 15.2. The van der Waals surface area contributed by atoms with E-state index in [1.54, 1.807) is 37.4 Å². The molecule has 0 bridgehead atoms. The van der Waals surface area contributed by atoms with Crippen molar-refractivity contribution in [2.75, 3.05) is 7.11 Å². The van der Waals surface area contributed by atoms with Crippen LogP contribution in [0.25, 0.3) is 0 Å². The van der Waals surface area contributed by atoms with Gasteiger partial charge in [0.25, 0.3) is 5.91 Å². The normalized spacial score (nSPS) is 10.6. The summed E-state index contributed by atoms with van der Waals surface area (Å²) in [5.74, 6) is 0.336. The number of nitrogens with one attached hydrogen (secondary N) is 1. The summed E-state index contributed by atoms with van der Waals surface area (Å²) in [6.45, 7) is 1.97. The summed E-state index contributed by atoms with van der Waals surface area (Å²) in [4.78, 5) is 11.8. The third-order valence-corrected chi connectivity index (χ3v) is 3.16. The van der Waals surface area contributed by atoms with Crippen LogP contribution >= 0.6 is 11.6 Å². The molecule has 2 rings (SSSR count). The van der Waals surface area contributed by atoms with Gasteiger partial charge in [-0.05, 0) is 42.8 Å². The lowest BCUT2D eigenvalue weighted by molar-refractivity contribution is 0.0955. The Bertz CT molecular complexity index is 666. The predicted molar refractivity (Wildman–Crippen MR) is 84.2 cm³/mol. The fourth-order valence-corrected chi connectivity index (χ4v) is 1.96. The highest BCUT2D eigenvalue weighted by atomic mass is 35.5. The number of rotatable bonds is 4. The molecule has 0 aromatic heterocycles. The number of carbonyl (C=O) groups is 1. The van der Waals surface area contributed by atoms with Crippen LogP contribution in [0.15, 0.2) is 47.6 Å². The van der Waals surface area contributed by atoms with Crippen LogP contribution in [0.2, 0.25) is 5.02 Å². The molecular formula is C16H15ClN2O2. The number of benzene rings is 2. The summed E-state index contributed by atoms with van der Waals surface area (Å²) in [5, 5.41) is 4.40. The SMILES string of the molecule is COc1ccc(/C=N\NC(=O)c2ccc(C)cc2)cc1Cl. The molecule has 2 aromatic rings. The molecule has 5 heteroatoms. The maximum atomic E-state index is 11.8. The third-order valence-electron chi connectivity index (χ3n) is 2.87. The topological polar surface area (TPSA) is 50.7 Å². The van der Waals surface area contributed by atoms with Crippen molar-refractivity contribution in [2.24, 2.45) is 5.10 Å². The van der Waals surface area contributed by atoms with Crippen molar-refractivity contribution < 1.29 is 9.53 Å². The highest BCUT2D eigenvalue weighted by molar-refractivity contribution is 6.32. The molecule has 0 radical (unpaired) electrons. The number of aryl methyl sites for hydroxylation is 1. The zero-order valence-corrected chi connectivity index (χ0v) is 12.5. The second kappa shape index (κ2) is 6.90. The summed E-state index contributed by atoms with van der Waals surface area (Å²) < 4.78 is 5.06. The number of hydrazone groups is 1. The average molecular weight is 303 g/mol. The molecule has 0 atom stereocenters. The lowest BCUT2D eigenvalue weighted by atomic mass is 10.1. The van der Waals surface area contributed by atoms with E-state index >= 15 is 0 Å². The molecule has 1 amide bonds. The van der Waals surface area contributed by atoms with Crippen molar-refractivity contribution in [2.45, 2.75) is 6.92 Å². The molecule has 0 fully saturated rings. The molecule has 0 spiro atoms. The summed E-state index contributed by atoms with van der Waals surface area (Å²) in [6, 6.07) is 12.5. The number of hydrogen-bond donors (Lipinski definition) is 1. The summed E-state index contributed by atoms with van der Waals surface area (Å²) in [6.07, 6.45) is 1.53. The van der Waals surface area contributed by atoms with E-state index in [1.807, 2.05) is 19.1 Å². The lowest BCUT2D eigenvalue weighted by Crippen LogP contribution is -2.17. The van der Waals surface area contributed by atoms with E-state index in [1.165, 1.54) is 6.21 Å². The Morgan fingerprint density at radius 2 is 1.95 bits per heavy atom. The van der Waals surface area contributed by atoms with Gasteiger partial charge in [-0.15, -0.1) is 0 Å². The van der Waals surface area contributed by atoms with Gasteiger partial charge in [0.05, 0.1) is 18.3 Å². The van der Waals surface area contributed by atoms with Crippen LogP contribution in [0.3, 0.4) is 0 Å². The first-order chi connectivity index (χ1) is 10.1. The van der Waals surface area contributed by atoms with Crippen LogP contribution in [-0.4, -0.2) is 19.2 Å². The molecule has 0 aliphatic carbocycles. The minimum absolute atomic E-state index is 0.258. The Hall–Kier alpha value is -2.33. The maximum absolute atomic E-state index is 11.8. The van der Waals surface area contributed by atoms with Gasteiger partial charge < -0.3 is 4.74 Å². The number of methoxy groups -OCH3 is 1. The van der Waals surface area contributed by atoms with Crippen molar-refractivity contribution in [1.82, 2.24) is 5.43 Å². The Balaban J connectivity index is 2.00. The molecule has 0 aliphatic rings. The van der Waals surface area contributed by atoms with E-state index in [4.69, 9.17) is 16.3 Å². The van der Waals surface area contributed by atoms with Crippen molar-refractivity contribution in [3.05, 3.63) is 64.2 Å². The summed E-state index contributed by atoms with van der Waals surface area (Å²) >= 11 is 6.01. The van der Waals surface area contributed by atoms with Crippen LogP contribution in [0, 0.1) is 6.92 Å². The minimum Gasteiger partial charge on any atom is -0.495 e. The second-order valence-electron chi connectivity index (χ2n) is 4.46. The fourth-order valence-electron chi connectivity index (χ4n) is 1.70. The molecule has 0 aliphatic heterocycles. The largest absolute Gasteiger partial charge is 0.495 e. The van der Waals surface area contributed by atoms with E-state index in [0.29, 0.717) is 16.3 Å². The first-order valence-electron chi connectivity index (χ1n) is 6.34. The number of nitrogens with zero attached hydrogens (tertiary/aromatic N) is 1. The molecule has 2 aromatic carbocycles. The molecule has 21 heavy (non-hydrogen) atoms. The van der Waals surface area contributed by atoms with Crippen LogP contribution in [-0.2, 0) is 0 Å². The van der Waals surface area contributed by atoms with Crippen LogP contribution in [0.5, 0.6) is 5.75 Å². The molecular weight excluding hydrogens is 288 g/mol. The van der Waals surface area contributed by atoms with Crippen LogP contribution in [0.4, 0.5) is 0 Å². The van der Waals surface area contributed by atoms with Crippen molar-refractivity contribution in [3.8, 4) is 5.75 Å². The van der Waals surface area contributed by atoms with E-state index in [0.717, 1.165) is 11.1 Å². The molecule has 108 valence electrons. The quantitative estimate of drug-likeness (QED) is 0.695. The number of ether oxygens (including phenoxy) is 1. The van der Waals surface area contributed by atoms with Crippen molar-refractivity contribution in [1.29, 1.82) is 0 Å². The van der Waals surface area contributed by atoms with Gasteiger partial charge in [0.15, 0.2) is 0 Å². The molecule has 0 saturated carbocycles. The van der Waals surface area contributed by atoms with E-state index in [9.17, 15) is 4.79 Å². The lowest BCUT2D eigenvalue weighted by Gasteiger charge is -2.03. The Morgan fingerprint density at radius 1 is 1.24 bits per heavy atom. The van der Waals surface area contributed by atoms with Crippen molar-refractivity contribution in [3.63, 3.8) is 0 Å². The first kappa shape index (κ1) is 15.1. The highest BCUT2D eigenvalue weighted by Crippen LogP contribution is 2.24. The first-order valence-corrected chi connectivity index (χ1v) is 6.71. The van der Waals surface area contributed by atoms with E-state index in [-0.39, 0.29) is 5.91 Å². The summed E-state index contributed by atoms with van der Waals surface area (Å²) in [7, 11) is 1.55. The molecule has 1 N–H and O–H groups in total. The Kier molecular flexibility index (Phi) is 4.95. The van der Waals surface area contributed by atoms with Crippen LogP contribution in [0.1, 0.15) is 21.5 Å². The van der Waals surface area contributed by atoms with Gasteiger partial charge in [0.1, 0.15) is 5.75 Å². The number of halogens is 1.